The number of aromatic nitrogens is 1. The summed E-state index contributed by atoms with van der Waals surface area (Å²) in [4.78, 5) is 4.03. The molecule has 1 aromatic heterocycles. The SMILES string of the molecule is OCc1cc(O[C@H]2CC3C[C@H]3C2)ccn1. The van der Waals surface area contributed by atoms with Gasteiger partial charge in [0.1, 0.15) is 5.75 Å². The molecule has 0 aliphatic heterocycles. The Morgan fingerprint density at radius 3 is 2.87 bits per heavy atom. The summed E-state index contributed by atoms with van der Waals surface area (Å²) >= 11 is 0. The number of aliphatic hydroxyl groups is 1. The molecule has 0 aromatic carbocycles. The van der Waals surface area contributed by atoms with Gasteiger partial charge in [-0.2, -0.15) is 0 Å². The number of nitrogens with zero attached hydrogens (tertiary/aromatic N) is 1. The largest absolute Gasteiger partial charge is 0.490 e. The number of aliphatic hydroxyl groups excluding tert-OH is 1. The first kappa shape index (κ1) is 9.16. The van der Waals surface area contributed by atoms with E-state index in [4.69, 9.17) is 9.84 Å². The van der Waals surface area contributed by atoms with Gasteiger partial charge < -0.3 is 9.84 Å². The molecule has 3 nitrogen and oxygen atoms in total. The zero-order valence-corrected chi connectivity index (χ0v) is 8.60. The standard InChI is InChI=1S/C12H15NO2/c14-7-10-6-11(1-2-13-10)15-12-4-8-3-9(8)5-12/h1-2,6,8-9,12,14H,3-5,7H2/t8-,9?,12+/m0/s1. The van der Waals surface area contributed by atoms with E-state index in [0.29, 0.717) is 11.8 Å². The van der Waals surface area contributed by atoms with Gasteiger partial charge in [-0.3, -0.25) is 4.98 Å². The Hall–Kier alpha value is -1.09. The van der Waals surface area contributed by atoms with E-state index in [1.807, 2.05) is 12.1 Å². The Kier molecular flexibility index (Phi) is 2.13. The number of rotatable bonds is 3. The normalized spacial score (nSPS) is 32.5. The van der Waals surface area contributed by atoms with Crippen LogP contribution >= 0.6 is 0 Å². The molecule has 3 rings (SSSR count). The van der Waals surface area contributed by atoms with Crippen molar-refractivity contribution in [3.63, 3.8) is 0 Å². The summed E-state index contributed by atoms with van der Waals surface area (Å²) in [6.45, 7) is -0.0207. The van der Waals surface area contributed by atoms with Crippen LogP contribution in [0.25, 0.3) is 0 Å². The van der Waals surface area contributed by atoms with E-state index in [9.17, 15) is 0 Å². The van der Waals surface area contributed by atoms with E-state index >= 15 is 0 Å². The summed E-state index contributed by atoms with van der Waals surface area (Å²) in [6, 6.07) is 3.69. The van der Waals surface area contributed by atoms with Crippen LogP contribution in [0.15, 0.2) is 18.3 Å². The fraction of sp³-hybridized carbons (Fsp3) is 0.583. The first-order valence-electron chi connectivity index (χ1n) is 5.57. The third-order valence-electron chi connectivity index (χ3n) is 3.45. The molecule has 2 aliphatic carbocycles. The Morgan fingerprint density at radius 2 is 2.13 bits per heavy atom. The highest BCUT2D eigenvalue weighted by atomic mass is 16.5. The third-order valence-corrected chi connectivity index (χ3v) is 3.45. The second-order valence-corrected chi connectivity index (χ2v) is 4.61. The van der Waals surface area contributed by atoms with E-state index in [2.05, 4.69) is 4.98 Å². The van der Waals surface area contributed by atoms with Gasteiger partial charge >= 0.3 is 0 Å². The van der Waals surface area contributed by atoms with Crippen LogP contribution in [0.5, 0.6) is 5.75 Å². The van der Waals surface area contributed by atoms with Crippen molar-refractivity contribution < 1.29 is 9.84 Å². The maximum atomic E-state index is 8.95. The maximum absolute atomic E-state index is 8.95. The number of ether oxygens (including phenoxy) is 1. The van der Waals surface area contributed by atoms with Crippen LogP contribution in [0.2, 0.25) is 0 Å². The number of fused-ring (bicyclic) bond motifs is 1. The quantitative estimate of drug-likeness (QED) is 0.817. The molecule has 15 heavy (non-hydrogen) atoms. The molecule has 0 bridgehead atoms. The predicted molar refractivity (Wildman–Crippen MR) is 55.4 cm³/mol. The first-order chi connectivity index (χ1) is 7.35. The molecule has 3 atom stereocenters. The minimum Gasteiger partial charge on any atom is -0.490 e. The van der Waals surface area contributed by atoms with E-state index in [1.165, 1.54) is 19.3 Å². The van der Waals surface area contributed by atoms with E-state index < -0.39 is 0 Å². The van der Waals surface area contributed by atoms with Crippen molar-refractivity contribution in [3.8, 4) is 5.75 Å². The van der Waals surface area contributed by atoms with Crippen LogP contribution in [-0.4, -0.2) is 16.2 Å². The summed E-state index contributed by atoms with van der Waals surface area (Å²) in [5, 5.41) is 8.95. The molecule has 0 radical (unpaired) electrons. The molecule has 3 heteroatoms. The lowest BCUT2D eigenvalue weighted by Gasteiger charge is -2.15. The number of hydrogen-bond donors (Lipinski definition) is 1. The van der Waals surface area contributed by atoms with Gasteiger partial charge in [-0.1, -0.05) is 0 Å². The van der Waals surface area contributed by atoms with E-state index in [0.717, 1.165) is 17.6 Å². The Balaban J connectivity index is 1.65. The van der Waals surface area contributed by atoms with Crippen molar-refractivity contribution in [2.45, 2.75) is 32.0 Å². The van der Waals surface area contributed by atoms with E-state index in [-0.39, 0.29) is 6.61 Å². The smallest absolute Gasteiger partial charge is 0.123 e. The number of hydrogen-bond acceptors (Lipinski definition) is 3. The van der Waals surface area contributed by atoms with Gasteiger partial charge in [0.15, 0.2) is 0 Å². The maximum Gasteiger partial charge on any atom is 0.123 e. The zero-order valence-electron chi connectivity index (χ0n) is 8.60. The third kappa shape index (κ3) is 1.84. The highest BCUT2D eigenvalue weighted by Crippen LogP contribution is 2.52. The van der Waals surface area contributed by atoms with Gasteiger partial charge in [0.2, 0.25) is 0 Å². The first-order valence-corrected chi connectivity index (χ1v) is 5.57. The molecule has 2 aliphatic rings. The molecule has 2 saturated carbocycles. The monoisotopic (exact) mass is 205 g/mol. The topological polar surface area (TPSA) is 42.4 Å². The molecule has 80 valence electrons. The molecule has 1 N–H and O–H groups in total. The van der Waals surface area contributed by atoms with E-state index in [1.54, 1.807) is 6.20 Å². The summed E-state index contributed by atoms with van der Waals surface area (Å²) in [7, 11) is 0. The molecule has 1 heterocycles. The average Bonchev–Trinajstić information content (AvgIpc) is 2.87. The van der Waals surface area contributed by atoms with Gasteiger partial charge in [-0.05, 0) is 37.2 Å². The van der Waals surface area contributed by atoms with Crippen molar-refractivity contribution >= 4 is 0 Å². The Bertz CT molecular complexity index is 356. The number of pyridine rings is 1. The molecule has 0 amide bonds. The summed E-state index contributed by atoms with van der Waals surface area (Å²) in [5.41, 5.74) is 0.677. The van der Waals surface area contributed by atoms with Crippen LogP contribution < -0.4 is 4.74 Å². The zero-order chi connectivity index (χ0) is 10.3. The predicted octanol–water partition coefficient (Wildman–Crippen LogP) is 1.75. The Morgan fingerprint density at radius 1 is 1.33 bits per heavy atom. The molecule has 0 saturated heterocycles. The van der Waals surface area contributed by atoms with Crippen LogP contribution in [-0.2, 0) is 6.61 Å². The minimum absolute atomic E-state index is 0.0207. The lowest BCUT2D eigenvalue weighted by molar-refractivity contribution is 0.193. The van der Waals surface area contributed by atoms with Crippen molar-refractivity contribution in [2.75, 3.05) is 0 Å². The second kappa shape index (κ2) is 3.49. The van der Waals surface area contributed by atoms with Gasteiger partial charge in [0.25, 0.3) is 0 Å². The van der Waals surface area contributed by atoms with Gasteiger partial charge in [0, 0.05) is 12.3 Å². The molecular formula is C12H15NO2. The van der Waals surface area contributed by atoms with Crippen molar-refractivity contribution in [1.29, 1.82) is 0 Å². The van der Waals surface area contributed by atoms with Crippen molar-refractivity contribution in [2.24, 2.45) is 11.8 Å². The van der Waals surface area contributed by atoms with Gasteiger partial charge in [0.05, 0.1) is 18.4 Å². The Labute approximate surface area is 89.1 Å². The van der Waals surface area contributed by atoms with Gasteiger partial charge in [-0.25, -0.2) is 0 Å². The molecule has 2 fully saturated rings. The van der Waals surface area contributed by atoms with Crippen LogP contribution in [0.1, 0.15) is 25.0 Å². The highest BCUT2D eigenvalue weighted by Gasteiger charge is 2.46. The van der Waals surface area contributed by atoms with Crippen molar-refractivity contribution in [3.05, 3.63) is 24.0 Å². The van der Waals surface area contributed by atoms with Crippen molar-refractivity contribution in [1.82, 2.24) is 4.98 Å². The fourth-order valence-corrected chi connectivity index (χ4v) is 2.56. The average molecular weight is 205 g/mol. The lowest BCUT2D eigenvalue weighted by atomic mass is 10.2. The summed E-state index contributed by atoms with van der Waals surface area (Å²) < 4.78 is 5.87. The highest BCUT2D eigenvalue weighted by molar-refractivity contribution is 5.23. The van der Waals surface area contributed by atoms with Crippen LogP contribution in [0.4, 0.5) is 0 Å². The van der Waals surface area contributed by atoms with Crippen LogP contribution in [0.3, 0.4) is 0 Å². The van der Waals surface area contributed by atoms with Crippen LogP contribution in [0, 0.1) is 11.8 Å². The fourth-order valence-electron chi connectivity index (χ4n) is 2.56. The minimum atomic E-state index is -0.0207. The molecule has 0 spiro atoms. The second-order valence-electron chi connectivity index (χ2n) is 4.61. The van der Waals surface area contributed by atoms with Gasteiger partial charge in [-0.15, -0.1) is 0 Å². The summed E-state index contributed by atoms with van der Waals surface area (Å²) in [6.07, 6.45) is 5.92. The molecule has 1 aromatic rings. The lowest BCUT2D eigenvalue weighted by Crippen LogP contribution is -2.13. The molecular weight excluding hydrogens is 190 g/mol. The molecule has 1 unspecified atom stereocenters. The summed E-state index contributed by atoms with van der Waals surface area (Å²) in [5.74, 6) is 2.73.